The molecular formula is C24H22ClN3O2. The molecule has 0 atom stereocenters. The first-order valence-electron chi connectivity index (χ1n) is 9.93. The Labute approximate surface area is 179 Å². The van der Waals surface area contributed by atoms with Crippen LogP contribution < -0.4 is 11.0 Å². The highest BCUT2D eigenvalue weighted by molar-refractivity contribution is 6.30. The maximum absolute atomic E-state index is 12.7. The maximum atomic E-state index is 12.7. The summed E-state index contributed by atoms with van der Waals surface area (Å²) >= 11 is 6.28. The van der Waals surface area contributed by atoms with Gasteiger partial charge in [-0.05, 0) is 32.4 Å². The molecule has 0 saturated heterocycles. The zero-order valence-electron chi connectivity index (χ0n) is 17.1. The van der Waals surface area contributed by atoms with Crippen LogP contribution in [0.1, 0.15) is 32.5 Å². The average molecular weight is 420 g/mol. The van der Waals surface area contributed by atoms with Crippen LogP contribution in [0.5, 0.6) is 0 Å². The van der Waals surface area contributed by atoms with E-state index in [0.29, 0.717) is 17.5 Å². The van der Waals surface area contributed by atoms with Gasteiger partial charge in [-0.2, -0.15) is 0 Å². The molecule has 0 spiro atoms. The van der Waals surface area contributed by atoms with Crippen molar-refractivity contribution in [2.75, 3.05) is 0 Å². The van der Waals surface area contributed by atoms with Crippen LogP contribution >= 0.6 is 11.6 Å². The summed E-state index contributed by atoms with van der Waals surface area (Å²) in [6.45, 7) is 5.84. The van der Waals surface area contributed by atoms with Gasteiger partial charge in [-0.25, -0.2) is 4.98 Å². The van der Waals surface area contributed by atoms with E-state index in [1.54, 1.807) is 22.9 Å². The molecule has 152 valence electrons. The van der Waals surface area contributed by atoms with Crippen LogP contribution in [-0.2, 0) is 6.42 Å². The smallest absolute Gasteiger partial charge is 0.269 e. The molecule has 0 aliphatic carbocycles. The third-order valence-corrected chi connectivity index (χ3v) is 5.44. The van der Waals surface area contributed by atoms with Crippen molar-refractivity contribution < 1.29 is 0 Å². The summed E-state index contributed by atoms with van der Waals surface area (Å²) in [6.07, 6.45) is 2.49. The van der Waals surface area contributed by atoms with Gasteiger partial charge in [-0.1, -0.05) is 48.9 Å². The molecule has 0 bridgehead atoms. The van der Waals surface area contributed by atoms with E-state index in [0.717, 1.165) is 28.1 Å². The van der Waals surface area contributed by atoms with Crippen molar-refractivity contribution in [3.05, 3.63) is 86.0 Å². The van der Waals surface area contributed by atoms with Crippen LogP contribution in [0.3, 0.4) is 0 Å². The molecule has 1 N–H and O–H groups in total. The summed E-state index contributed by atoms with van der Waals surface area (Å²) in [4.78, 5) is 33.3. The average Bonchev–Trinajstić information content (AvgIpc) is 2.75. The Morgan fingerprint density at radius 3 is 2.47 bits per heavy atom. The number of aromatic nitrogens is 3. The van der Waals surface area contributed by atoms with Gasteiger partial charge >= 0.3 is 0 Å². The van der Waals surface area contributed by atoms with Gasteiger partial charge in [0.15, 0.2) is 5.43 Å². The minimum atomic E-state index is -0.240. The number of rotatable bonds is 4. The molecule has 0 unspecified atom stereocenters. The fraction of sp³-hybridized carbons (Fsp3) is 0.208. The molecule has 0 amide bonds. The maximum Gasteiger partial charge on any atom is 0.269 e. The van der Waals surface area contributed by atoms with Gasteiger partial charge in [0.25, 0.3) is 5.56 Å². The minimum absolute atomic E-state index is 0.0564. The third kappa shape index (κ3) is 3.57. The van der Waals surface area contributed by atoms with Crippen molar-refractivity contribution in [3.63, 3.8) is 0 Å². The fourth-order valence-electron chi connectivity index (χ4n) is 3.55. The molecule has 0 radical (unpaired) electrons. The van der Waals surface area contributed by atoms with Gasteiger partial charge in [-0.15, -0.1) is 0 Å². The van der Waals surface area contributed by atoms with Crippen molar-refractivity contribution in [2.24, 2.45) is 0 Å². The third-order valence-electron chi connectivity index (χ3n) is 5.17. The number of aromatic amines is 1. The lowest BCUT2D eigenvalue weighted by Crippen LogP contribution is -2.21. The van der Waals surface area contributed by atoms with E-state index in [2.05, 4.69) is 4.98 Å². The Bertz CT molecular complexity index is 1350. The van der Waals surface area contributed by atoms with E-state index in [4.69, 9.17) is 16.6 Å². The first-order valence-corrected chi connectivity index (χ1v) is 10.3. The van der Waals surface area contributed by atoms with Gasteiger partial charge in [-0.3, -0.25) is 9.59 Å². The molecule has 0 aliphatic heterocycles. The predicted octanol–water partition coefficient (Wildman–Crippen LogP) is 5.22. The van der Waals surface area contributed by atoms with Crippen LogP contribution in [0.25, 0.3) is 33.4 Å². The highest BCUT2D eigenvalue weighted by atomic mass is 35.5. The molecule has 4 aromatic rings. The lowest BCUT2D eigenvalue weighted by molar-refractivity contribution is 0.579. The molecule has 4 rings (SSSR count). The summed E-state index contributed by atoms with van der Waals surface area (Å²) in [6, 6.07) is 14.8. The van der Waals surface area contributed by atoms with Gasteiger partial charge in [0, 0.05) is 40.7 Å². The van der Waals surface area contributed by atoms with Crippen molar-refractivity contribution in [3.8, 4) is 22.4 Å². The zero-order valence-corrected chi connectivity index (χ0v) is 17.8. The number of halogens is 1. The SMILES string of the molecule is CCc1cc(=O)c2cc(-c3cc(Cl)c(=O)n(C(C)C)c3)c(-c3ccccc3)nc2[nH]1. The van der Waals surface area contributed by atoms with E-state index < -0.39 is 0 Å². The summed E-state index contributed by atoms with van der Waals surface area (Å²) in [5.41, 5.74) is 4.18. The Hall–Kier alpha value is -3.18. The van der Waals surface area contributed by atoms with Crippen LogP contribution in [0, 0.1) is 0 Å². The fourth-order valence-corrected chi connectivity index (χ4v) is 3.76. The second-order valence-electron chi connectivity index (χ2n) is 7.54. The molecule has 6 heteroatoms. The van der Waals surface area contributed by atoms with E-state index in [9.17, 15) is 9.59 Å². The van der Waals surface area contributed by atoms with E-state index in [-0.39, 0.29) is 22.1 Å². The number of H-pyrrole nitrogens is 1. The van der Waals surface area contributed by atoms with Crippen LogP contribution in [0.15, 0.2) is 64.3 Å². The lowest BCUT2D eigenvalue weighted by atomic mass is 9.99. The molecular weight excluding hydrogens is 398 g/mol. The molecule has 5 nitrogen and oxygen atoms in total. The van der Waals surface area contributed by atoms with Crippen molar-refractivity contribution in [1.82, 2.24) is 14.5 Å². The monoisotopic (exact) mass is 419 g/mol. The number of fused-ring (bicyclic) bond motifs is 1. The van der Waals surface area contributed by atoms with E-state index >= 15 is 0 Å². The summed E-state index contributed by atoms with van der Waals surface area (Å²) < 4.78 is 1.60. The Balaban J connectivity index is 2.10. The largest absolute Gasteiger partial charge is 0.343 e. The van der Waals surface area contributed by atoms with Crippen LogP contribution in [-0.4, -0.2) is 14.5 Å². The second-order valence-corrected chi connectivity index (χ2v) is 7.95. The first kappa shape index (κ1) is 20.1. The summed E-state index contributed by atoms with van der Waals surface area (Å²) in [5.74, 6) is 0. The van der Waals surface area contributed by atoms with Gasteiger partial charge in [0.2, 0.25) is 0 Å². The molecule has 3 heterocycles. The zero-order chi connectivity index (χ0) is 21.4. The van der Waals surface area contributed by atoms with Crippen LogP contribution in [0.2, 0.25) is 5.02 Å². The topological polar surface area (TPSA) is 67.8 Å². The summed E-state index contributed by atoms with van der Waals surface area (Å²) in [7, 11) is 0. The second kappa shape index (κ2) is 7.92. The van der Waals surface area contributed by atoms with Crippen molar-refractivity contribution in [2.45, 2.75) is 33.2 Å². The van der Waals surface area contributed by atoms with E-state index in [1.807, 2.05) is 57.2 Å². The number of nitrogens with zero attached hydrogens (tertiary/aromatic N) is 2. The molecule has 0 aliphatic rings. The highest BCUT2D eigenvalue weighted by Crippen LogP contribution is 2.33. The first-order chi connectivity index (χ1) is 14.4. The summed E-state index contributed by atoms with van der Waals surface area (Å²) in [5, 5.41) is 0.635. The molecule has 0 fully saturated rings. The highest BCUT2D eigenvalue weighted by Gasteiger charge is 2.16. The number of nitrogens with one attached hydrogen (secondary N) is 1. The molecule has 3 aromatic heterocycles. The Kier molecular flexibility index (Phi) is 5.31. The number of aryl methyl sites for hydroxylation is 1. The van der Waals surface area contributed by atoms with Crippen molar-refractivity contribution in [1.29, 1.82) is 0 Å². The van der Waals surface area contributed by atoms with Gasteiger partial charge in [0.05, 0.1) is 11.1 Å². The number of hydrogen-bond acceptors (Lipinski definition) is 3. The van der Waals surface area contributed by atoms with Gasteiger partial charge in [0.1, 0.15) is 10.7 Å². The van der Waals surface area contributed by atoms with E-state index in [1.165, 1.54) is 0 Å². The number of hydrogen-bond donors (Lipinski definition) is 1. The Morgan fingerprint density at radius 1 is 1.07 bits per heavy atom. The van der Waals surface area contributed by atoms with Crippen molar-refractivity contribution >= 4 is 22.6 Å². The standard InChI is InChI=1S/C24H22ClN3O2/c1-4-17-11-21(29)19-12-18(16-10-20(25)24(30)28(13-16)14(2)3)22(27-23(19)26-17)15-8-6-5-7-9-15/h5-14H,4H2,1-3H3,(H,26,27,29). The molecule has 1 aromatic carbocycles. The van der Waals surface area contributed by atoms with Crippen LogP contribution in [0.4, 0.5) is 0 Å². The Morgan fingerprint density at radius 2 is 1.80 bits per heavy atom. The quantitative estimate of drug-likeness (QED) is 0.493. The predicted molar refractivity (Wildman–Crippen MR) is 122 cm³/mol. The number of pyridine rings is 3. The minimum Gasteiger partial charge on any atom is -0.343 e. The molecule has 30 heavy (non-hydrogen) atoms. The lowest BCUT2D eigenvalue weighted by Gasteiger charge is -2.16. The normalized spacial score (nSPS) is 11.4. The molecule has 0 saturated carbocycles. The van der Waals surface area contributed by atoms with Gasteiger partial charge < -0.3 is 9.55 Å². The number of benzene rings is 1.